The van der Waals surface area contributed by atoms with Crippen LogP contribution in [0.5, 0.6) is 0 Å². The third kappa shape index (κ3) is 4.72. The van der Waals surface area contributed by atoms with Gasteiger partial charge in [-0.2, -0.15) is 19.3 Å². The molecule has 3 aromatic rings. The van der Waals surface area contributed by atoms with E-state index >= 15 is 0 Å². The van der Waals surface area contributed by atoms with Crippen molar-refractivity contribution in [3.63, 3.8) is 0 Å². The lowest BCUT2D eigenvalue weighted by atomic mass is 9.96. The molecule has 0 bridgehead atoms. The van der Waals surface area contributed by atoms with Gasteiger partial charge in [0, 0.05) is 22.8 Å². The number of nitrogens with zero attached hydrogens (tertiary/aromatic N) is 4. The van der Waals surface area contributed by atoms with E-state index in [-0.39, 0.29) is 23.3 Å². The average molecular weight is 431 g/mol. The number of allylic oxidation sites excluding steroid dienone is 1. The van der Waals surface area contributed by atoms with Crippen molar-refractivity contribution in [3.8, 4) is 0 Å². The minimum absolute atomic E-state index is 0.149. The van der Waals surface area contributed by atoms with Gasteiger partial charge < -0.3 is 10.4 Å². The van der Waals surface area contributed by atoms with Gasteiger partial charge in [0.25, 0.3) is 5.95 Å². The van der Waals surface area contributed by atoms with E-state index in [1.165, 1.54) is 11.5 Å². The van der Waals surface area contributed by atoms with Gasteiger partial charge in [-0.15, -0.1) is 0 Å². The van der Waals surface area contributed by atoms with Crippen molar-refractivity contribution >= 4 is 44.8 Å². The summed E-state index contributed by atoms with van der Waals surface area (Å²) < 4.78 is 19.8. The quantitative estimate of drug-likeness (QED) is 0.505. The summed E-state index contributed by atoms with van der Waals surface area (Å²) in [6.07, 6.45) is 2.15. The third-order valence-corrected chi connectivity index (χ3v) is 5.23. The number of fused-ring (bicyclic) bond motifs is 1. The molecule has 158 valence electrons. The average Bonchev–Trinajstić information content (AvgIpc) is 3.16. The van der Waals surface area contributed by atoms with Gasteiger partial charge in [0.1, 0.15) is 11.9 Å². The van der Waals surface area contributed by atoms with Crippen LogP contribution in [0, 0.1) is 0 Å². The Morgan fingerprint density at radius 3 is 2.80 bits per heavy atom. The van der Waals surface area contributed by atoms with Crippen LogP contribution in [0.3, 0.4) is 0 Å². The maximum atomic E-state index is 14.6. The smallest absolute Gasteiger partial charge is 0.252 e. The molecule has 3 N–H and O–H groups in total. The van der Waals surface area contributed by atoms with Crippen molar-refractivity contribution < 1.29 is 14.3 Å². The van der Waals surface area contributed by atoms with Crippen molar-refractivity contribution in [2.45, 2.75) is 51.7 Å². The second kappa shape index (κ2) is 8.21. The maximum Gasteiger partial charge on any atom is 0.252 e. The van der Waals surface area contributed by atoms with Crippen LogP contribution in [-0.2, 0) is 4.84 Å². The van der Waals surface area contributed by atoms with Crippen LogP contribution in [0.4, 0.5) is 22.0 Å². The van der Waals surface area contributed by atoms with Crippen molar-refractivity contribution in [1.82, 2.24) is 19.3 Å². The summed E-state index contributed by atoms with van der Waals surface area (Å²) in [5, 5.41) is 14.0. The monoisotopic (exact) mass is 430 g/mol. The van der Waals surface area contributed by atoms with Gasteiger partial charge in [-0.1, -0.05) is 0 Å². The van der Waals surface area contributed by atoms with E-state index in [0.717, 1.165) is 15.8 Å². The summed E-state index contributed by atoms with van der Waals surface area (Å²) in [6.45, 7) is 5.64. The minimum atomic E-state index is -1.13. The predicted molar refractivity (Wildman–Crippen MR) is 115 cm³/mol. The van der Waals surface area contributed by atoms with E-state index in [1.54, 1.807) is 6.20 Å². The maximum absolute atomic E-state index is 14.6. The van der Waals surface area contributed by atoms with Gasteiger partial charge in [-0.05, 0) is 69.8 Å². The van der Waals surface area contributed by atoms with Crippen LogP contribution < -0.4 is 10.8 Å². The number of aliphatic hydroxyl groups excluding tert-OH is 1. The lowest BCUT2D eigenvalue weighted by Gasteiger charge is -2.21. The molecule has 1 aliphatic carbocycles. The van der Waals surface area contributed by atoms with E-state index in [0.29, 0.717) is 19.3 Å². The number of halogens is 1. The molecule has 0 saturated carbocycles. The summed E-state index contributed by atoms with van der Waals surface area (Å²) in [4.78, 5) is 18.6. The number of nitrogens with one attached hydrogen (secondary N) is 2. The van der Waals surface area contributed by atoms with Gasteiger partial charge in [0.05, 0.1) is 10.3 Å². The predicted octanol–water partition coefficient (Wildman–Crippen LogP) is 4.59. The van der Waals surface area contributed by atoms with E-state index in [1.807, 2.05) is 39.0 Å². The second-order valence-corrected chi connectivity index (χ2v) is 8.89. The van der Waals surface area contributed by atoms with Crippen LogP contribution in [-0.4, -0.2) is 36.1 Å². The van der Waals surface area contributed by atoms with Gasteiger partial charge in [0.2, 0.25) is 5.95 Å². The molecular formula is C20H23FN6O2S. The van der Waals surface area contributed by atoms with Crippen LogP contribution >= 0.6 is 11.5 Å². The largest absolute Gasteiger partial charge is 0.386 e. The van der Waals surface area contributed by atoms with Crippen LogP contribution in [0.2, 0.25) is 0 Å². The number of rotatable bonds is 5. The number of benzene rings is 1. The van der Waals surface area contributed by atoms with Crippen LogP contribution in [0.15, 0.2) is 30.2 Å². The van der Waals surface area contributed by atoms with Crippen molar-refractivity contribution in [3.05, 3.63) is 36.0 Å². The Balaban J connectivity index is 1.70. The molecule has 0 aliphatic heterocycles. The first-order valence-corrected chi connectivity index (χ1v) is 10.4. The molecule has 8 nitrogen and oxygen atoms in total. The van der Waals surface area contributed by atoms with E-state index < -0.39 is 17.5 Å². The van der Waals surface area contributed by atoms with E-state index in [4.69, 9.17) is 4.84 Å². The summed E-state index contributed by atoms with van der Waals surface area (Å²) in [7, 11) is 0. The molecule has 0 radical (unpaired) electrons. The molecule has 2 heterocycles. The Morgan fingerprint density at radius 1 is 1.20 bits per heavy atom. The van der Waals surface area contributed by atoms with Crippen LogP contribution in [0.1, 0.15) is 45.9 Å². The third-order valence-electron chi connectivity index (χ3n) is 4.45. The first-order chi connectivity index (χ1) is 14.3. The first-order valence-electron chi connectivity index (χ1n) is 9.67. The summed E-state index contributed by atoms with van der Waals surface area (Å²) in [6, 6.07) is 5.79. The zero-order valence-electron chi connectivity index (χ0n) is 16.9. The number of aromatic nitrogens is 4. The topological polar surface area (TPSA) is 105 Å². The fourth-order valence-electron chi connectivity index (χ4n) is 3.03. The SMILES string of the molecule is CC(C)(C)ONc1nc(Nc2ccc3sncc3c2)nc(C2=C(F)[C@H](O)CCC2)n1. The molecule has 0 amide bonds. The van der Waals surface area contributed by atoms with Crippen molar-refractivity contribution in [1.29, 1.82) is 0 Å². The Morgan fingerprint density at radius 2 is 2.00 bits per heavy atom. The Bertz CT molecular complexity index is 1090. The molecule has 10 heteroatoms. The van der Waals surface area contributed by atoms with Gasteiger partial charge >= 0.3 is 0 Å². The Kier molecular flexibility index (Phi) is 5.63. The first kappa shape index (κ1) is 20.6. The zero-order valence-corrected chi connectivity index (χ0v) is 17.8. The zero-order chi connectivity index (χ0) is 21.3. The number of hydrogen-bond donors (Lipinski definition) is 3. The standard InChI is InChI=1S/C20H23FN6O2S/c1-20(2,3)29-27-19-25-17(13-5-4-6-14(28)16(13)21)24-18(26-19)23-12-7-8-15-11(9-12)10-22-30-15/h7-10,14,28H,4-6H2,1-3H3,(H2,23,24,25,26,27)/t14-/m1/s1. The van der Waals surface area contributed by atoms with E-state index in [2.05, 4.69) is 30.1 Å². The molecule has 1 aromatic carbocycles. The highest BCUT2D eigenvalue weighted by Crippen LogP contribution is 2.33. The minimum Gasteiger partial charge on any atom is -0.386 e. The molecule has 4 rings (SSSR count). The van der Waals surface area contributed by atoms with Gasteiger partial charge in [0.15, 0.2) is 5.82 Å². The molecule has 2 aromatic heterocycles. The normalized spacial score (nSPS) is 17.4. The fraction of sp³-hybridized carbons (Fsp3) is 0.400. The molecule has 0 spiro atoms. The van der Waals surface area contributed by atoms with Gasteiger partial charge in [-0.25, -0.2) is 9.87 Å². The second-order valence-electron chi connectivity index (χ2n) is 8.06. The molecule has 1 aliphatic rings. The summed E-state index contributed by atoms with van der Waals surface area (Å²) in [5.41, 5.74) is 3.29. The molecule has 0 fully saturated rings. The molecule has 0 saturated heterocycles. The van der Waals surface area contributed by atoms with Crippen molar-refractivity contribution in [2.24, 2.45) is 0 Å². The number of anilines is 3. The highest BCUT2D eigenvalue weighted by Gasteiger charge is 2.25. The number of hydrogen-bond acceptors (Lipinski definition) is 9. The Labute approximate surface area is 177 Å². The molecule has 0 unspecified atom stereocenters. The lowest BCUT2D eigenvalue weighted by Crippen LogP contribution is -2.24. The van der Waals surface area contributed by atoms with Crippen LogP contribution in [0.25, 0.3) is 15.7 Å². The molecule has 1 atom stereocenters. The molecular weight excluding hydrogens is 407 g/mol. The number of aliphatic hydroxyl groups is 1. The highest BCUT2D eigenvalue weighted by molar-refractivity contribution is 7.13. The van der Waals surface area contributed by atoms with E-state index in [9.17, 15) is 9.50 Å². The highest BCUT2D eigenvalue weighted by atomic mass is 32.1. The van der Waals surface area contributed by atoms with Crippen molar-refractivity contribution in [2.75, 3.05) is 10.8 Å². The molecule has 30 heavy (non-hydrogen) atoms. The van der Waals surface area contributed by atoms with Gasteiger partial charge in [-0.3, -0.25) is 4.84 Å². The summed E-state index contributed by atoms with van der Waals surface area (Å²) >= 11 is 1.42. The lowest BCUT2D eigenvalue weighted by molar-refractivity contribution is 0.0358. The summed E-state index contributed by atoms with van der Waals surface area (Å²) in [5.74, 6) is -0.0344. The Hall–Kier alpha value is -2.69. The fourth-order valence-corrected chi connectivity index (χ4v) is 3.65.